The summed E-state index contributed by atoms with van der Waals surface area (Å²) in [6, 6.07) is 0. The highest BCUT2D eigenvalue weighted by Crippen LogP contribution is 2.24. The maximum Gasteiger partial charge on any atom is 0.303 e. The first-order valence-electron chi connectivity index (χ1n) is 3.47. The van der Waals surface area contributed by atoms with Crippen LogP contribution in [0.25, 0.3) is 0 Å². The summed E-state index contributed by atoms with van der Waals surface area (Å²) in [6.45, 7) is 0. The zero-order valence-corrected chi connectivity index (χ0v) is 7.05. The van der Waals surface area contributed by atoms with Crippen molar-refractivity contribution in [2.24, 2.45) is 5.92 Å². The Hall–Kier alpha value is -0.650. The van der Waals surface area contributed by atoms with Crippen molar-refractivity contribution in [3.05, 3.63) is 0 Å². The number of halogens is 1. The first kappa shape index (κ1) is 9.44. The van der Waals surface area contributed by atoms with Crippen molar-refractivity contribution in [3.8, 4) is 0 Å². The molecule has 1 N–H and O–H groups in total. The molecule has 0 aromatic rings. The Labute approximate surface area is 69.3 Å². The molecule has 1 aliphatic heterocycles. The Bertz CT molecular complexity index is 284. The summed E-state index contributed by atoms with van der Waals surface area (Å²) >= 11 is 0. The molecule has 0 saturated carbocycles. The lowest BCUT2D eigenvalue weighted by Crippen LogP contribution is -2.16. The number of carboxylic acids is 1. The molecule has 1 aliphatic rings. The molecule has 0 aromatic heterocycles. The summed E-state index contributed by atoms with van der Waals surface area (Å²) in [7, 11) is -3.33. The largest absolute Gasteiger partial charge is 0.481 e. The Morgan fingerprint density at radius 3 is 2.42 bits per heavy atom. The van der Waals surface area contributed by atoms with Crippen LogP contribution in [0.1, 0.15) is 6.42 Å². The average Bonchev–Trinajstić information content (AvgIpc) is 2.03. The number of hydrogen-bond acceptors (Lipinski definition) is 3. The lowest BCUT2D eigenvalue weighted by molar-refractivity contribution is -0.138. The Kier molecular flexibility index (Phi) is 2.36. The van der Waals surface area contributed by atoms with Crippen LogP contribution in [0.4, 0.5) is 4.39 Å². The van der Waals surface area contributed by atoms with E-state index in [4.69, 9.17) is 5.11 Å². The van der Waals surface area contributed by atoms with Crippen LogP contribution in [0.2, 0.25) is 0 Å². The Morgan fingerprint density at radius 2 is 2.08 bits per heavy atom. The van der Waals surface area contributed by atoms with Gasteiger partial charge in [0.2, 0.25) is 0 Å². The third-order valence-corrected chi connectivity index (χ3v) is 3.59. The monoisotopic (exact) mass is 196 g/mol. The van der Waals surface area contributed by atoms with Crippen molar-refractivity contribution in [2.75, 3.05) is 11.5 Å². The molecule has 1 heterocycles. The third kappa shape index (κ3) is 2.17. The highest BCUT2D eigenvalue weighted by atomic mass is 32.2. The molecule has 0 unspecified atom stereocenters. The molecule has 6 heteroatoms. The molecule has 0 aliphatic carbocycles. The fraction of sp³-hybridized carbons (Fsp3) is 0.833. The van der Waals surface area contributed by atoms with E-state index in [0.29, 0.717) is 0 Å². The van der Waals surface area contributed by atoms with Gasteiger partial charge in [0.05, 0.1) is 17.9 Å². The van der Waals surface area contributed by atoms with Crippen molar-refractivity contribution < 1.29 is 22.7 Å². The van der Waals surface area contributed by atoms with Crippen LogP contribution in [-0.4, -0.2) is 37.2 Å². The van der Waals surface area contributed by atoms with Crippen molar-refractivity contribution in [1.29, 1.82) is 0 Å². The molecule has 1 rings (SSSR count). The number of carboxylic acid groups (broad SMARTS) is 1. The standard InChI is InChI=1S/C6H9FO4S/c7-5-3-12(10,11)2-4(5)1-6(8)9/h4-5H,1-3H2,(H,8,9)/t4-,5+/m0/s1. The van der Waals surface area contributed by atoms with Gasteiger partial charge in [-0.05, 0) is 0 Å². The fourth-order valence-electron chi connectivity index (χ4n) is 1.29. The molecule has 0 bridgehead atoms. The highest BCUT2D eigenvalue weighted by Gasteiger charge is 2.38. The fourth-order valence-corrected chi connectivity index (χ4v) is 3.16. The maximum atomic E-state index is 12.8. The van der Waals surface area contributed by atoms with Gasteiger partial charge in [0.15, 0.2) is 9.84 Å². The first-order chi connectivity index (χ1) is 5.41. The Morgan fingerprint density at radius 1 is 1.50 bits per heavy atom. The molecular formula is C6H9FO4S. The average molecular weight is 196 g/mol. The second-order valence-corrected chi connectivity index (χ2v) is 5.10. The van der Waals surface area contributed by atoms with Crippen molar-refractivity contribution in [2.45, 2.75) is 12.6 Å². The van der Waals surface area contributed by atoms with E-state index in [-0.39, 0.29) is 5.75 Å². The number of aliphatic carboxylic acids is 1. The van der Waals surface area contributed by atoms with Gasteiger partial charge in [-0.2, -0.15) is 0 Å². The van der Waals surface area contributed by atoms with Crippen LogP contribution < -0.4 is 0 Å². The number of hydrogen-bond donors (Lipinski definition) is 1. The van der Waals surface area contributed by atoms with Gasteiger partial charge in [0, 0.05) is 5.92 Å². The zero-order valence-electron chi connectivity index (χ0n) is 6.23. The molecule has 1 saturated heterocycles. The van der Waals surface area contributed by atoms with E-state index in [9.17, 15) is 17.6 Å². The minimum Gasteiger partial charge on any atom is -0.481 e. The van der Waals surface area contributed by atoms with Crippen molar-refractivity contribution >= 4 is 15.8 Å². The molecule has 2 atom stereocenters. The molecule has 0 aromatic carbocycles. The summed E-state index contributed by atoms with van der Waals surface area (Å²) in [6.07, 6.45) is -1.91. The van der Waals surface area contributed by atoms with E-state index in [1.54, 1.807) is 0 Å². The minimum atomic E-state index is -3.33. The molecule has 12 heavy (non-hydrogen) atoms. The van der Waals surface area contributed by atoms with E-state index in [2.05, 4.69) is 0 Å². The summed E-state index contributed by atoms with van der Waals surface area (Å²) in [5.41, 5.74) is 0. The molecule has 1 fully saturated rings. The normalized spacial score (nSPS) is 33.4. The highest BCUT2D eigenvalue weighted by molar-refractivity contribution is 7.91. The molecule has 0 radical (unpaired) electrons. The van der Waals surface area contributed by atoms with E-state index < -0.39 is 40.1 Å². The van der Waals surface area contributed by atoms with Crippen LogP contribution >= 0.6 is 0 Å². The van der Waals surface area contributed by atoms with Crippen LogP contribution in [-0.2, 0) is 14.6 Å². The third-order valence-electron chi connectivity index (χ3n) is 1.83. The quantitative estimate of drug-likeness (QED) is 0.666. The number of sulfone groups is 1. The van der Waals surface area contributed by atoms with E-state index in [1.165, 1.54) is 0 Å². The van der Waals surface area contributed by atoms with Crippen molar-refractivity contribution in [1.82, 2.24) is 0 Å². The van der Waals surface area contributed by atoms with Crippen LogP contribution in [0.5, 0.6) is 0 Å². The van der Waals surface area contributed by atoms with Crippen LogP contribution in [0.15, 0.2) is 0 Å². The molecule has 70 valence electrons. The first-order valence-corrected chi connectivity index (χ1v) is 5.29. The molecule has 0 amide bonds. The maximum absolute atomic E-state index is 12.8. The number of alkyl halides is 1. The topological polar surface area (TPSA) is 71.4 Å². The smallest absolute Gasteiger partial charge is 0.303 e. The van der Waals surface area contributed by atoms with Crippen LogP contribution in [0, 0.1) is 5.92 Å². The zero-order chi connectivity index (χ0) is 9.35. The minimum absolute atomic E-state index is 0.333. The van der Waals surface area contributed by atoms with E-state index in [1.807, 2.05) is 0 Å². The van der Waals surface area contributed by atoms with Gasteiger partial charge in [0.1, 0.15) is 6.17 Å². The predicted molar refractivity (Wildman–Crippen MR) is 39.3 cm³/mol. The predicted octanol–water partition coefficient (Wildman–Crippen LogP) is -0.156. The van der Waals surface area contributed by atoms with Gasteiger partial charge in [-0.3, -0.25) is 4.79 Å². The molecule has 0 spiro atoms. The summed E-state index contributed by atoms with van der Waals surface area (Å²) in [5.74, 6) is -2.86. The number of rotatable bonds is 2. The SMILES string of the molecule is O=C(O)C[C@H]1CS(=O)(=O)C[C@H]1F. The molecule has 4 nitrogen and oxygen atoms in total. The number of carbonyl (C=O) groups is 1. The van der Waals surface area contributed by atoms with Crippen LogP contribution in [0.3, 0.4) is 0 Å². The second kappa shape index (κ2) is 3.01. The molecular weight excluding hydrogens is 187 g/mol. The van der Waals surface area contributed by atoms with Gasteiger partial charge < -0.3 is 5.11 Å². The lowest BCUT2D eigenvalue weighted by atomic mass is 10.0. The van der Waals surface area contributed by atoms with E-state index in [0.717, 1.165) is 0 Å². The van der Waals surface area contributed by atoms with Gasteiger partial charge in [-0.1, -0.05) is 0 Å². The van der Waals surface area contributed by atoms with Gasteiger partial charge in [0.25, 0.3) is 0 Å². The summed E-state index contributed by atoms with van der Waals surface area (Å²) < 4.78 is 34.4. The Balaban J connectivity index is 2.64. The van der Waals surface area contributed by atoms with Crippen molar-refractivity contribution in [3.63, 3.8) is 0 Å². The lowest BCUT2D eigenvalue weighted by Gasteiger charge is -2.05. The van der Waals surface area contributed by atoms with Gasteiger partial charge in [-0.25, -0.2) is 12.8 Å². The summed E-state index contributed by atoms with van der Waals surface area (Å²) in [4.78, 5) is 10.2. The second-order valence-electron chi connectivity index (χ2n) is 2.95. The summed E-state index contributed by atoms with van der Waals surface area (Å²) in [5, 5.41) is 8.30. The van der Waals surface area contributed by atoms with E-state index >= 15 is 0 Å². The van der Waals surface area contributed by atoms with Gasteiger partial charge in [-0.15, -0.1) is 0 Å². The van der Waals surface area contributed by atoms with Gasteiger partial charge >= 0.3 is 5.97 Å².